The molecule has 0 bridgehead atoms. The lowest BCUT2D eigenvalue weighted by Crippen LogP contribution is -2.26. The third kappa shape index (κ3) is 4.12. The SMILES string of the molecule is Cn1cnnc1CCNC(=O)c1cncc(C#CCO)c1. The van der Waals surface area contributed by atoms with Crippen molar-refractivity contribution in [2.75, 3.05) is 13.2 Å². The summed E-state index contributed by atoms with van der Waals surface area (Å²) >= 11 is 0. The molecule has 0 radical (unpaired) electrons. The maximum Gasteiger partial charge on any atom is 0.252 e. The number of hydrogen-bond donors (Lipinski definition) is 2. The monoisotopic (exact) mass is 285 g/mol. The Kier molecular flexibility index (Phi) is 5.01. The van der Waals surface area contributed by atoms with Crippen LogP contribution in [-0.2, 0) is 13.5 Å². The summed E-state index contributed by atoms with van der Waals surface area (Å²) in [6, 6.07) is 1.63. The molecule has 0 atom stereocenters. The summed E-state index contributed by atoms with van der Waals surface area (Å²) in [4.78, 5) is 16.0. The Morgan fingerprint density at radius 2 is 2.33 bits per heavy atom. The van der Waals surface area contributed by atoms with Gasteiger partial charge in [-0.25, -0.2) is 0 Å². The number of carbonyl (C=O) groups is 1. The van der Waals surface area contributed by atoms with E-state index in [4.69, 9.17) is 5.11 Å². The first-order chi connectivity index (χ1) is 10.2. The highest BCUT2D eigenvalue weighted by molar-refractivity contribution is 5.94. The summed E-state index contributed by atoms with van der Waals surface area (Å²) in [5.74, 6) is 5.80. The Labute approximate surface area is 122 Å². The number of hydrogen-bond acceptors (Lipinski definition) is 5. The number of nitrogens with zero attached hydrogens (tertiary/aromatic N) is 4. The van der Waals surface area contributed by atoms with Crippen LogP contribution in [-0.4, -0.2) is 43.9 Å². The van der Waals surface area contributed by atoms with Gasteiger partial charge in [0.25, 0.3) is 5.91 Å². The van der Waals surface area contributed by atoms with Gasteiger partial charge >= 0.3 is 0 Å². The van der Waals surface area contributed by atoms with Gasteiger partial charge in [-0.2, -0.15) is 0 Å². The largest absolute Gasteiger partial charge is 0.384 e. The molecular formula is C14H15N5O2. The summed E-state index contributed by atoms with van der Waals surface area (Å²) in [5, 5.41) is 19.2. The lowest BCUT2D eigenvalue weighted by Gasteiger charge is -2.05. The third-order valence-corrected chi connectivity index (χ3v) is 2.75. The first-order valence-electron chi connectivity index (χ1n) is 6.36. The molecule has 0 saturated carbocycles. The highest BCUT2D eigenvalue weighted by Crippen LogP contribution is 2.01. The van der Waals surface area contributed by atoms with E-state index in [9.17, 15) is 4.79 Å². The van der Waals surface area contributed by atoms with Crippen LogP contribution in [0, 0.1) is 11.8 Å². The van der Waals surface area contributed by atoms with Crippen molar-refractivity contribution in [2.45, 2.75) is 6.42 Å². The van der Waals surface area contributed by atoms with Crippen LogP contribution in [0.1, 0.15) is 21.7 Å². The van der Waals surface area contributed by atoms with E-state index in [1.54, 1.807) is 23.2 Å². The average molecular weight is 285 g/mol. The van der Waals surface area contributed by atoms with Crippen LogP contribution in [0.15, 0.2) is 24.8 Å². The maximum atomic E-state index is 12.0. The van der Waals surface area contributed by atoms with E-state index in [2.05, 4.69) is 32.3 Å². The van der Waals surface area contributed by atoms with Crippen LogP contribution < -0.4 is 5.32 Å². The standard InChI is InChI=1S/C14H15N5O2/c1-19-10-17-18-13(19)4-5-16-14(21)12-7-11(3-2-6-20)8-15-9-12/h7-10,20H,4-6H2,1H3,(H,16,21). The van der Waals surface area contributed by atoms with E-state index >= 15 is 0 Å². The van der Waals surface area contributed by atoms with Crippen LogP contribution in [0.3, 0.4) is 0 Å². The van der Waals surface area contributed by atoms with Crippen molar-refractivity contribution in [1.29, 1.82) is 0 Å². The van der Waals surface area contributed by atoms with E-state index in [1.807, 2.05) is 7.05 Å². The molecule has 0 fully saturated rings. The number of amides is 1. The summed E-state index contributed by atoms with van der Waals surface area (Å²) in [6.07, 6.45) is 5.23. The first kappa shape index (κ1) is 14.7. The van der Waals surface area contributed by atoms with Crippen molar-refractivity contribution in [3.63, 3.8) is 0 Å². The molecular weight excluding hydrogens is 270 g/mol. The van der Waals surface area contributed by atoms with E-state index in [-0.39, 0.29) is 12.5 Å². The minimum absolute atomic E-state index is 0.225. The smallest absolute Gasteiger partial charge is 0.252 e. The summed E-state index contributed by atoms with van der Waals surface area (Å²) in [6.45, 7) is 0.228. The molecule has 0 unspecified atom stereocenters. The molecule has 21 heavy (non-hydrogen) atoms. The zero-order valence-corrected chi connectivity index (χ0v) is 11.6. The van der Waals surface area contributed by atoms with E-state index in [1.165, 1.54) is 6.20 Å². The summed E-state index contributed by atoms with van der Waals surface area (Å²) in [7, 11) is 1.85. The fourth-order valence-corrected chi connectivity index (χ4v) is 1.70. The Morgan fingerprint density at radius 3 is 3.05 bits per heavy atom. The number of aromatic nitrogens is 4. The molecule has 7 nitrogen and oxygen atoms in total. The second-order valence-corrected chi connectivity index (χ2v) is 4.29. The highest BCUT2D eigenvalue weighted by Gasteiger charge is 2.07. The van der Waals surface area contributed by atoms with Crippen molar-refractivity contribution in [2.24, 2.45) is 7.05 Å². The van der Waals surface area contributed by atoms with Crippen LogP contribution in [0.5, 0.6) is 0 Å². The highest BCUT2D eigenvalue weighted by atomic mass is 16.2. The van der Waals surface area contributed by atoms with Crippen LogP contribution in [0.4, 0.5) is 0 Å². The lowest BCUT2D eigenvalue weighted by molar-refractivity contribution is 0.0953. The predicted octanol–water partition coefficient (Wildman–Crippen LogP) is -0.474. The molecule has 0 aromatic carbocycles. The van der Waals surface area contributed by atoms with Crippen molar-refractivity contribution < 1.29 is 9.90 Å². The summed E-state index contributed by atoms with van der Waals surface area (Å²) in [5.41, 5.74) is 1.02. The Morgan fingerprint density at radius 1 is 1.48 bits per heavy atom. The predicted molar refractivity (Wildman–Crippen MR) is 75.2 cm³/mol. The number of nitrogens with one attached hydrogen (secondary N) is 1. The maximum absolute atomic E-state index is 12.0. The molecule has 0 aliphatic carbocycles. The van der Waals surface area contributed by atoms with Gasteiger partial charge in [-0.05, 0) is 6.07 Å². The molecule has 2 aromatic rings. The number of aryl methyl sites for hydroxylation is 1. The fourth-order valence-electron chi connectivity index (χ4n) is 1.70. The second-order valence-electron chi connectivity index (χ2n) is 4.29. The molecule has 0 aliphatic rings. The quantitative estimate of drug-likeness (QED) is 0.741. The van der Waals surface area contributed by atoms with E-state index in [0.717, 1.165) is 5.82 Å². The first-order valence-corrected chi connectivity index (χ1v) is 6.36. The van der Waals surface area contributed by atoms with Gasteiger partial charge in [0.1, 0.15) is 18.8 Å². The van der Waals surface area contributed by atoms with Crippen LogP contribution in [0.2, 0.25) is 0 Å². The molecule has 2 heterocycles. The molecule has 2 N–H and O–H groups in total. The van der Waals surface area contributed by atoms with Crippen molar-refractivity contribution in [1.82, 2.24) is 25.1 Å². The van der Waals surface area contributed by atoms with Crippen LogP contribution in [0.25, 0.3) is 0 Å². The van der Waals surface area contributed by atoms with Gasteiger partial charge in [-0.3, -0.25) is 9.78 Å². The van der Waals surface area contributed by atoms with Crippen molar-refractivity contribution in [3.8, 4) is 11.8 Å². The van der Waals surface area contributed by atoms with Gasteiger partial charge in [0, 0.05) is 38.0 Å². The Bertz CT molecular complexity index is 684. The summed E-state index contributed by atoms with van der Waals surface area (Å²) < 4.78 is 1.80. The number of pyridine rings is 1. The number of aliphatic hydroxyl groups is 1. The fraction of sp³-hybridized carbons (Fsp3) is 0.286. The number of aliphatic hydroxyl groups excluding tert-OH is 1. The minimum atomic E-state index is -0.228. The molecule has 1 amide bonds. The van der Waals surface area contributed by atoms with E-state index < -0.39 is 0 Å². The molecule has 7 heteroatoms. The third-order valence-electron chi connectivity index (χ3n) is 2.75. The topological polar surface area (TPSA) is 92.9 Å². The molecule has 108 valence electrons. The normalized spacial score (nSPS) is 9.81. The van der Waals surface area contributed by atoms with Gasteiger partial charge in [-0.1, -0.05) is 11.8 Å². The van der Waals surface area contributed by atoms with Crippen molar-refractivity contribution in [3.05, 3.63) is 41.7 Å². The van der Waals surface area contributed by atoms with Gasteiger partial charge in [0.15, 0.2) is 0 Å². The van der Waals surface area contributed by atoms with Crippen molar-refractivity contribution >= 4 is 5.91 Å². The van der Waals surface area contributed by atoms with Gasteiger partial charge in [-0.15, -0.1) is 10.2 Å². The Hall–Kier alpha value is -2.72. The lowest BCUT2D eigenvalue weighted by atomic mass is 10.2. The minimum Gasteiger partial charge on any atom is -0.384 e. The van der Waals surface area contributed by atoms with E-state index in [0.29, 0.717) is 24.1 Å². The van der Waals surface area contributed by atoms with Gasteiger partial charge in [0.05, 0.1) is 5.56 Å². The van der Waals surface area contributed by atoms with Gasteiger partial charge in [0.2, 0.25) is 0 Å². The molecule has 0 aliphatic heterocycles. The number of carbonyl (C=O) groups excluding carboxylic acids is 1. The zero-order valence-electron chi connectivity index (χ0n) is 11.6. The van der Waals surface area contributed by atoms with Gasteiger partial charge < -0.3 is 15.0 Å². The molecule has 2 rings (SSSR count). The molecule has 0 spiro atoms. The Balaban J connectivity index is 1.92. The molecule has 2 aromatic heterocycles. The van der Waals surface area contributed by atoms with Crippen LogP contribution >= 0.6 is 0 Å². The second kappa shape index (κ2) is 7.17. The number of rotatable bonds is 4. The molecule has 0 saturated heterocycles. The average Bonchev–Trinajstić information content (AvgIpc) is 2.91. The zero-order chi connectivity index (χ0) is 15.1.